The van der Waals surface area contributed by atoms with Gasteiger partial charge in [0, 0.05) is 0 Å². The summed E-state index contributed by atoms with van der Waals surface area (Å²) in [6, 6.07) is 13.2. The predicted molar refractivity (Wildman–Crippen MR) is 95.3 cm³/mol. The monoisotopic (exact) mass is 340 g/mol. The quantitative estimate of drug-likeness (QED) is 0.540. The van der Waals surface area contributed by atoms with E-state index in [2.05, 4.69) is 9.97 Å². The molecule has 0 aliphatic heterocycles. The lowest BCUT2D eigenvalue weighted by atomic mass is 10.1. The number of benzene rings is 2. The van der Waals surface area contributed by atoms with Crippen molar-refractivity contribution in [3.63, 3.8) is 0 Å². The second kappa shape index (κ2) is 6.80. The highest BCUT2D eigenvalue weighted by Crippen LogP contribution is 2.29. The third kappa shape index (κ3) is 3.44. The third-order valence-electron chi connectivity index (χ3n) is 3.51. The number of carboxylic acid groups (broad SMARTS) is 1. The number of thioether (sulfide) groups is 1. The molecule has 0 atom stereocenters. The molecule has 0 saturated carbocycles. The molecule has 0 radical (unpaired) electrons. The number of fused-ring (bicyclic) bond motifs is 1. The molecule has 1 aromatic heterocycles. The number of imidazole rings is 1. The number of carboxylic acids is 1. The van der Waals surface area contributed by atoms with E-state index in [1.54, 1.807) is 13.2 Å². The zero-order chi connectivity index (χ0) is 17.1. The summed E-state index contributed by atoms with van der Waals surface area (Å²) < 4.78 is 5.28. The fourth-order valence-corrected chi connectivity index (χ4v) is 3.09. The maximum absolute atomic E-state index is 11.6. The first kappa shape index (κ1) is 16.1. The molecular weight excluding hydrogens is 324 g/mol. The molecule has 0 aliphatic carbocycles. The molecule has 6 heteroatoms. The summed E-state index contributed by atoms with van der Waals surface area (Å²) in [6.07, 6.45) is 1.61. The summed E-state index contributed by atoms with van der Waals surface area (Å²) >= 11 is 1.09. The van der Waals surface area contributed by atoms with Gasteiger partial charge in [-0.15, -0.1) is 0 Å². The summed E-state index contributed by atoms with van der Waals surface area (Å²) in [7, 11) is 1.59. The molecule has 0 amide bonds. The van der Waals surface area contributed by atoms with Gasteiger partial charge in [0.1, 0.15) is 10.7 Å². The minimum Gasteiger partial charge on any atom is -0.496 e. The number of hydrogen-bond acceptors (Lipinski definition) is 4. The molecule has 24 heavy (non-hydrogen) atoms. The summed E-state index contributed by atoms with van der Waals surface area (Å²) in [5.41, 5.74) is 3.44. The highest BCUT2D eigenvalue weighted by atomic mass is 32.2. The van der Waals surface area contributed by atoms with Crippen molar-refractivity contribution in [1.82, 2.24) is 9.97 Å². The van der Waals surface area contributed by atoms with Gasteiger partial charge < -0.3 is 14.8 Å². The van der Waals surface area contributed by atoms with Crippen LogP contribution in [0, 0.1) is 6.92 Å². The molecule has 122 valence electrons. The molecule has 0 saturated heterocycles. The van der Waals surface area contributed by atoms with Crippen molar-refractivity contribution >= 4 is 34.8 Å². The number of hydrogen-bond donors (Lipinski definition) is 2. The van der Waals surface area contributed by atoms with E-state index in [4.69, 9.17) is 4.74 Å². The highest BCUT2D eigenvalue weighted by Gasteiger charge is 2.13. The Labute approximate surface area is 143 Å². The van der Waals surface area contributed by atoms with Gasteiger partial charge in [-0.1, -0.05) is 24.3 Å². The van der Waals surface area contributed by atoms with E-state index in [9.17, 15) is 9.90 Å². The molecule has 1 heterocycles. The fourth-order valence-electron chi connectivity index (χ4n) is 2.29. The van der Waals surface area contributed by atoms with Gasteiger partial charge in [-0.05, 0) is 54.1 Å². The topological polar surface area (TPSA) is 75.2 Å². The van der Waals surface area contributed by atoms with Crippen LogP contribution in [0.3, 0.4) is 0 Å². The summed E-state index contributed by atoms with van der Waals surface area (Å²) in [4.78, 5) is 19.3. The Morgan fingerprint density at radius 3 is 2.79 bits per heavy atom. The van der Waals surface area contributed by atoms with E-state index in [0.717, 1.165) is 39.7 Å². The summed E-state index contributed by atoms with van der Waals surface area (Å²) in [5, 5.41) is 10.0. The van der Waals surface area contributed by atoms with Gasteiger partial charge in [-0.3, -0.25) is 0 Å². The Kier molecular flexibility index (Phi) is 4.57. The second-order valence-electron chi connectivity index (χ2n) is 5.20. The van der Waals surface area contributed by atoms with Crippen LogP contribution in [0.15, 0.2) is 52.5 Å². The lowest BCUT2D eigenvalue weighted by Gasteiger charge is -2.06. The standard InChI is InChI=1S/C18H16N2O3S/c1-11-7-8-12(9-15(11)23-2)10-16(17(21)22)24-18-19-13-5-3-4-6-14(13)20-18/h3-10H,1-2H3,(H,19,20)(H,21,22)/b16-10-. The summed E-state index contributed by atoms with van der Waals surface area (Å²) in [5.74, 6) is -0.276. The van der Waals surface area contributed by atoms with Crippen LogP contribution in [0.5, 0.6) is 5.75 Å². The smallest absolute Gasteiger partial charge is 0.342 e. The average molecular weight is 340 g/mol. The molecule has 3 aromatic rings. The van der Waals surface area contributed by atoms with Crippen molar-refractivity contribution < 1.29 is 14.6 Å². The van der Waals surface area contributed by atoms with Crippen LogP contribution in [0.2, 0.25) is 0 Å². The molecule has 5 nitrogen and oxygen atoms in total. The Morgan fingerprint density at radius 1 is 1.29 bits per heavy atom. The number of rotatable bonds is 5. The van der Waals surface area contributed by atoms with Crippen molar-refractivity contribution in [3.8, 4) is 5.75 Å². The molecule has 0 aliphatic rings. The van der Waals surface area contributed by atoms with E-state index in [1.165, 1.54) is 0 Å². The van der Waals surface area contributed by atoms with E-state index >= 15 is 0 Å². The Morgan fingerprint density at radius 2 is 2.08 bits per heavy atom. The van der Waals surface area contributed by atoms with Gasteiger partial charge in [0.2, 0.25) is 0 Å². The van der Waals surface area contributed by atoms with Gasteiger partial charge in [0.25, 0.3) is 0 Å². The van der Waals surface area contributed by atoms with Crippen LogP contribution < -0.4 is 4.74 Å². The lowest BCUT2D eigenvalue weighted by Crippen LogP contribution is -1.97. The minimum atomic E-state index is -1.00. The first-order chi connectivity index (χ1) is 11.6. The molecule has 2 N–H and O–H groups in total. The van der Waals surface area contributed by atoms with Crippen molar-refractivity contribution in [1.29, 1.82) is 0 Å². The van der Waals surface area contributed by atoms with Crippen molar-refractivity contribution in [2.45, 2.75) is 12.1 Å². The normalized spacial score (nSPS) is 11.7. The molecule has 2 aromatic carbocycles. The number of para-hydroxylation sites is 2. The van der Waals surface area contributed by atoms with Crippen LogP contribution in [0.25, 0.3) is 17.1 Å². The SMILES string of the molecule is COc1cc(/C=C(\Sc2nc3ccccc3[nH]2)C(=O)O)ccc1C. The number of aliphatic carboxylic acids is 1. The molecule has 0 spiro atoms. The number of carbonyl (C=O) groups is 1. The fraction of sp³-hybridized carbons (Fsp3) is 0.111. The number of H-pyrrole nitrogens is 1. The van der Waals surface area contributed by atoms with Crippen molar-refractivity contribution in [2.75, 3.05) is 7.11 Å². The van der Waals surface area contributed by atoms with Gasteiger partial charge in [0.15, 0.2) is 5.16 Å². The number of aryl methyl sites for hydroxylation is 1. The molecule has 0 unspecified atom stereocenters. The number of nitrogens with zero attached hydrogens (tertiary/aromatic N) is 1. The number of nitrogens with one attached hydrogen (secondary N) is 1. The predicted octanol–water partition coefficient (Wildman–Crippen LogP) is 4.10. The second-order valence-corrected chi connectivity index (χ2v) is 6.23. The molecular formula is C18H16N2O3S. The zero-order valence-corrected chi connectivity index (χ0v) is 14.1. The lowest BCUT2D eigenvalue weighted by molar-refractivity contribution is -0.131. The average Bonchev–Trinajstić information content (AvgIpc) is 2.98. The van der Waals surface area contributed by atoms with E-state index in [1.807, 2.05) is 49.4 Å². The van der Waals surface area contributed by atoms with Crippen molar-refractivity contribution in [3.05, 3.63) is 58.5 Å². The molecule has 3 rings (SSSR count). The Hall–Kier alpha value is -2.73. The zero-order valence-electron chi connectivity index (χ0n) is 13.2. The molecule has 0 fully saturated rings. The van der Waals surface area contributed by atoms with Gasteiger partial charge in [-0.25, -0.2) is 9.78 Å². The van der Waals surface area contributed by atoms with Gasteiger partial charge in [-0.2, -0.15) is 0 Å². The Balaban J connectivity index is 1.93. The van der Waals surface area contributed by atoms with E-state index in [-0.39, 0.29) is 4.91 Å². The van der Waals surface area contributed by atoms with Gasteiger partial charge in [0.05, 0.1) is 18.1 Å². The first-order valence-corrected chi connectivity index (χ1v) is 8.10. The van der Waals surface area contributed by atoms with Crippen molar-refractivity contribution in [2.24, 2.45) is 0 Å². The highest BCUT2D eigenvalue weighted by molar-refractivity contribution is 8.04. The third-order valence-corrected chi connectivity index (χ3v) is 4.41. The number of aromatic nitrogens is 2. The van der Waals surface area contributed by atoms with Gasteiger partial charge >= 0.3 is 5.97 Å². The maximum atomic E-state index is 11.6. The maximum Gasteiger partial charge on any atom is 0.342 e. The number of aromatic amines is 1. The number of methoxy groups -OCH3 is 1. The van der Waals surface area contributed by atoms with Crippen LogP contribution in [-0.2, 0) is 4.79 Å². The largest absolute Gasteiger partial charge is 0.496 e. The first-order valence-electron chi connectivity index (χ1n) is 7.29. The summed E-state index contributed by atoms with van der Waals surface area (Å²) in [6.45, 7) is 1.94. The van der Waals surface area contributed by atoms with Crippen LogP contribution in [0.4, 0.5) is 0 Å². The van der Waals surface area contributed by atoms with Crippen LogP contribution in [-0.4, -0.2) is 28.2 Å². The van der Waals surface area contributed by atoms with Crippen LogP contribution in [0.1, 0.15) is 11.1 Å². The van der Waals surface area contributed by atoms with Crippen LogP contribution >= 0.6 is 11.8 Å². The minimum absolute atomic E-state index is 0.181. The number of ether oxygens (including phenoxy) is 1. The Bertz CT molecular complexity index is 898. The van der Waals surface area contributed by atoms with E-state index in [0.29, 0.717) is 5.16 Å². The molecule has 0 bridgehead atoms. The van der Waals surface area contributed by atoms with E-state index < -0.39 is 5.97 Å².